The van der Waals surface area contributed by atoms with Crippen LogP contribution in [-0.4, -0.2) is 18.4 Å². The normalized spacial score (nSPS) is 11.1. The predicted octanol–water partition coefficient (Wildman–Crippen LogP) is 2.14. The van der Waals surface area contributed by atoms with Crippen LogP contribution < -0.4 is 0 Å². The summed E-state index contributed by atoms with van der Waals surface area (Å²) in [5, 5.41) is 0. The zero-order chi connectivity index (χ0) is 11.8. The van der Waals surface area contributed by atoms with Gasteiger partial charge in [-0.15, -0.1) is 0 Å². The number of carbonyl (C=O) groups excluding carboxylic acids is 2. The molecule has 1 aromatic rings. The summed E-state index contributed by atoms with van der Waals surface area (Å²) in [5.74, 6) is -0.420. The molecule has 84 valence electrons. The molecule has 0 saturated carbocycles. The number of hydrogen-bond acceptors (Lipinski definition) is 4. The van der Waals surface area contributed by atoms with E-state index in [2.05, 4.69) is 4.74 Å². The van der Waals surface area contributed by atoms with Gasteiger partial charge in [-0.3, -0.25) is 4.79 Å². The summed E-state index contributed by atoms with van der Waals surface area (Å²) < 4.78 is 9.55. The van der Waals surface area contributed by atoms with Crippen molar-refractivity contribution < 1.29 is 18.7 Å². The minimum Gasteiger partial charge on any atom is -0.463 e. The summed E-state index contributed by atoms with van der Waals surface area (Å²) >= 11 is 0. The van der Waals surface area contributed by atoms with E-state index in [9.17, 15) is 9.59 Å². The van der Waals surface area contributed by atoms with Crippen LogP contribution in [0.1, 0.15) is 17.5 Å². The first-order valence-corrected chi connectivity index (χ1v) is 4.83. The Bertz CT molecular complexity index is 399. The van der Waals surface area contributed by atoms with Gasteiger partial charge in [0.1, 0.15) is 0 Å². The van der Waals surface area contributed by atoms with Gasteiger partial charge in [-0.05, 0) is 25.1 Å². The van der Waals surface area contributed by atoms with E-state index in [1.807, 2.05) is 0 Å². The van der Waals surface area contributed by atoms with Crippen LogP contribution in [0.25, 0.3) is 0 Å². The van der Waals surface area contributed by atoms with Crippen LogP contribution >= 0.6 is 0 Å². The molecule has 16 heavy (non-hydrogen) atoms. The summed E-state index contributed by atoms with van der Waals surface area (Å²) in [4.78, 5) is 22.2. The van der Waals surface area contributed by atoms with Gasteiger partial charge in [-0.2, -0.15) is 0 Å². The summed E-state index contributed by atoms with van der Waals surface area (Å²) in [6, 6.07) is 3.21. The zero-order valence-electron chi connectivity index (χ0n) is 8.88. The van der Waals surface area contributed by atoms with Gasteiger partial charge < -0.3 is 9.15 Å². The van der Waals surface area contributed by atoms with Gasteiger partial charge in [0.25, 0.3) is 0 Å². The van der Waals surface area contributed by atoms with Gasteiger partial charge in [0.2, 0.25) is 5.78 Å². The highest BCUT2D eigenvalue weighted by atomic mass is 16.5. The summed E-state index contributed by atoms with van der Waals surface area (Å²) in [6.45, 7) is 2.06. The van der Waals surface area contributed by atoms with Crippen LogP contribution in [0.3, 0.4) is 0 Å². The molecular formula is C12H12O4. The number of ether oxygens (including phenoxy) is 1. The van der Waals surface area contributed by atoms with E-state index in [0.29, 0.717) is 6.61 Å². The van der Waals surface area contributed by atoms with Crippen LogP contribution in [0.2, 0.25) is 0 Å². The van der Waals surface area contributed by atoms with Crippen LogP contribution in [0, 0.1) is 0 Å². The molecule has 0 saturated heterocycles. The first-order chi connectivity index (χ1) is 7.74. The number of carbonyl (C=O) groups is 2. The maximum Gasteiger partial charge on any atom is 0.330 e. The van der Waals surface area contributed by atoms with Crippen molar-refractivity contribution in [1.82, 2.24) is 0 Å². The Morgan fingerprint density at radius 3 is 2.75 bits per heavy atom. The molecule has 1 aromatic heterocycles. The number of furan rings is 1. The molecule has 1 rings (SSSR count). The highest BCUT2D eigenvalue weighted by Gasteiger charge is 2.02. The molecule has 0 spiro atoms. The molecule has 0 aliphatic carbocycles. The molecule has 0 bridgehead atoms. The minimum atomic E-state index is -0.433. The van der Waals surface area contributed by atoms with Gasteiger partial charge in [0.05, 0.1) is 12.9 Å². The first kappa shape index (κ1) is 12.0. The second-order valence-electron chi connectivity index (χ2n) is 2.81. The van der Waals surface area contributed by atoms with Crippen molar-refractivity contribution in [3.05, 3.63) is 48.5 Å². The molecular weight excluding hydrogens is 208 g/mol. The highest BCUT2D eigenvalue weighted by Crippen LogP contribution is 2.01. The lowest BCUT2D eigenvalue weighted by Crippen LogP contribution is -1.98. The van der Waals surface area contributed by atoms with Crippen LogP contribution in [0.5, 0.6) is 0 Å². The molecule has 0 fully saturated rings. The van der Waals surface area contributed by atoms with E-state index in [4.69, 9.17) is 4.42 Å². The average molecular weight is 220 g/mol. The monoisotopic (exact) mass is 220 g/mol. The fourth-order valence-electron chi connectivity index (χ4n) is 0.968. The predicted molar refractivity (Wildman–Crippen MR) is 58.0 cm³/mol. The Hall–Kier alpha value is -2.10. The SMILES string of the molecule is CCOC(=O)/C=C/C=C/C(=O)c1ccco1. The average Bonchev–Trinajstić information content (AvgIpc) is 2.78. The van der Waals surface area contributed by atoms with Gasteiger partial charge in [0, 0.05) is 6.08 Å². The Morgan fingerprint density at radius 1 is 1.38 bits per heavy atom. The lowest BCUT2D eigenvalue weighted by molar-refractivity contribution is -0.137. The summed E-state index contributed by atoms with van der Waals surface area (Å²) in [7, 11) is 0. The molecule has 1 heterocycles. The van der Waals surface area contributed by atoms with E-state index in [0.717, 1.165) is 0 Å². The van der Waals surface area contributed by atoms with E-state index in [1.165, 1.54) is 30.6 Å². The van der Waals surface area contributed by atoms with E-state index >= 15 is 0 Å². The topological polar surface area (TPSA) is 56.5 Å². The van der Waals surface area contributed by atoms with Crippen molar-refractivity contribution in [3.8, 4) is 0 Å². The minimum absolute atomic E-state index is 0.251. The number of ketones is 1. The Labute approximate surface area is 93.2 Å². The molecule has 0 radical (unpaired) electrons. The maximum absolute atomic E-state index is 11.3. The molecule has 0 aliphatic heterocycles. The largest absolute Gasteiger partial charge is 0.463 e. The van der Waals surface area contributed by atoms with Crippen molar-refractivity contribution in [2.45, 2.75) is 6.92 Å². The third-order valence-corrected chi connectivity index (χ3v) is 1.64. The Kier molecular flexibility index (Phi) is 4.79. The molecule has 0 N–H and O–H groups in total. The van der Waals surface area contributed by atoms with Crippen molar-refractivity contribution >= 4 is 11.8 Å². The smallest absolute Gasteiger partial charge is 0.330 e. The fourth-order valence-corrected chi connectivity index (χ4v) is 0.968. The zero-order valence-corrected chi connectivity index (χ0v) is 8.88. The van der Waals surface area contributed by atoms with Gasteiger partial charge in [-0.1, -0.05) is 12.2 Å². The number of rotatable bonds is 5. The van der Waals surface area contributed by atoms with E-state index in [1.54, 1.807) is 19.1 Å². The Balaban J connectivity index is 2.43. The second-order valence-corrected chi connectivity index (χ2v) is 2.81. The standard InChI is InChI=1S/C12H12O4/c1-2-15-12(14)8-4-3-6-10(13)11-7-5-9-16-11/h3-9H,2H2,1H3/b6-3+,8-4+. The van der Waals surface area contributed by atoms with Crippen molar-refractivity contribution in [3.63, 3.8) is 0 Å². The van der Waals surface area contributed by atoms with Gasteiger partial charge in [0.15, 0.2) is 5.76 Å². The van der Waals surface area contributed by atoms with Gasteiger partial charge >= 0.3 is 5.97 Å². The first-order valence-electron chi connectivity index (χ1n) is 4.83. The third-order valence-electron chi connectivity index (χ3n) is 1.64. The third kappa shape index (κ3) is 3.96. The number of esters is 1. The van der Waals surface area contributed by atoms with E-state index < -0.39 is 5.97 Å². The summed E-state index contributed by atoms with van der Waals surface area (Å²) in [6.07, 6.45) is 6.89. The van der Waals surface area contributed by atoms with Crippen molar-refractivity contribution in [2.75, 3.05) is 6.61 Å². The van der Waals surface area contributed by atoms with Gasteiger partial charge in [-0.25, -0.2) is 4.79 Å². The van der Waals surface area contributed by atoms with Crippen LogP contribution in [0.15, 0.2) is 47.1 Å². The Morgan fingerprint density at radius 2 is 2.12 bits per heavy atom. The number of hydrogen-bond donors (Lipinski definition) is 0. The quantitative estimate of drug-likeness (QED) is 0.330. The van der Waals surface area contributed by atoms with Crippen molar-refractivity contribution in [1.29, 1.82) is 0 Å². The molecule has 0 aliphatic rings. The highest BCUT2D eigenvalue weighted by molar-refractivity contribution is 6.02. The molecule has 4 nitrogen and oxygen atoms in total. The van der Waals surface area contributed by atoms with Crippen LogP contribution in [0.4, 0.5) is 0 Å². The summed E-state index contributed by atoms with van der Waals surface area (Å²) in [5.41, 5.74) is 0. The fraction of sp³-hybridized carbons (Fsp3) is 0.167. The number of allylic oxidation sites excluding steroid dienone is 3. The molecule has 0 unspecified atom stereocenters. The second kappa shape index (κ2) is 6.40. The maximum atomic E-state index is 11.3. The van der Waals surface area contributed by atoms with E-state index in [-0.39, 0.29) is 11.5 Å². The lowest BCUT2D eigenvalue weighted by Gasteiger charge is -1.92. The van der Waals surface area contributed by atoms with Crippen LogP contribution in [-0.2, 0) is 9.53 Å². The molecule has 0 aromatic carbocycles. The molecule has 0 atom stereocenters. The lowest BCUT2D eigenvalue weighted by atomic mass is 10.3. The molecule has 0 amide bonds. The molecule has 4 heteroatoms. The van der Waals surface area contributed by atoms with Crippen molar-refractivity contribution in [2.24, 2.45) is 0 Å².